The molecule has 5 aromatic carbocycles. The van der Waals surface area contributed by atoms with E-state index in [4.69, 9.17) is 13.7 Å². The molecule has 7 rings (SSSR count). The monoisotopic (exact) mass is 622 g/mol. The van der Waals surface area contributed by atoms with Crippen LogP contribution in [0.25, 0.3) is 55.3 Å². The fraction of sp³-hybridized carbons (Fsp3) is 0.256. The van der Waals surface area contributed by atoms with Crippen LogP contribution in [0.1, 0.15) is 60.5 Å². The first kappa shape index (κ1) is 34.0. The smallest absolute Gasteiger partial charge is 0.456 e. The Hall–Kier alpha value is -4.38. The molecule has 0 atom stereocenters. The number of allylic oxidation sites excluding steroid dienone is 1. The van der Waals surface area contributed by atoms with Crippen LogP contribution in [-0.2, 0) is 9.31 Å². The molecule has 4 heteroatoms. The van der Waals surface area contributed by atoms with Crippen LogP contribution in [0.5, 0.6) is 0 Å². The van der Waals surface area contributed by atoms with E-state index >= 15 is 0 Å². The van der Waals surface area contributed by atoms with Crippen molar-refractivity contribution in [2.45, 2.75) is 73.0 Å². The predicted octanol–water partition coefficient (Wildman–Crippen LogP) is 11.8. The molecule has 0 saturated carbocycles. The van der Waals surface area contributed by atoms with Gasteiger partial charge < -0.3 is 13.7 Å². The fourth-order valence-electron chi connectivity index (χ4n) is 5.93. The van der Waals surface area contributed by atoms with Gasteiger partial charge in [-0.3, -0.25) is 0 Å². The predicted molar refractivity (Wildman–Crippen MR) is 202 cm³/mol. The zero-order valence-corrected chi connectivity index (χ0v) is 29.2. The third kappa shape index (κ3) is 6.72. The topological polar surface area (TPSA) is 31.6 Å². The highest BCUT2D eigenvalue weighted by atomic mass is 16.7. The lowest BCUT2D eigenvalue weighted by Crippen LogP contribution is -2.41. The molecule has 0 unspecified atom stereocenters. The summed E-state index contributed by atoms with van der Waals surface area (Å²) in [5.41, 5.74) is 10.4. The maximum absolute atomic E-state index is 6.44. The molecule has 0 aliphatic carbocycles. The summed E-state index contributed by atoms with van der Waals surface area (Å²) >= 11 is 0. The lowest BCUT2D eigenvalue weighted by atomic mass is 9.76. The standard InChI is InChI=1S/C37H33BO3.C4H8.C2H6/c1-24-22-26(18-20-28(24)30-15-10-9-14-29(30)25-12-7-6-8-13-25)27-19-21-33-31(23-27)35-32(16-11-17-34(35)39-33)38-40-36(2,3)37(4,5)41-38;1-3-4-2;1-2/h6-23H,1-5H3;3H,1,4H2,2H3;1-2H3. The zero-order chi connectivity index (χ0) is 33.8. The highest BCUT2D eigenvalue weighted by Crippen LogP contribution is 2.40. The van der Waals surface area contributed by atoms with Crippen molar-refractivity contribution in [1.82, 2.24) is 0 Å². The summed E-state index contributed by atoms with van der Waals surface area (Å²) in [6.45, 7) is 20.1. The zero-order valence-electron chi connectivity index (χ0n) is 29.2. The molecule has 6 aromatic rings. The molecule has 0 N–H and O–H groups in total. The Bertz CT molecular complexity index is 1970. The van der Waals surface area contributed by atoms with Crippen molar-refractivity contribution in [1.29, 1.82) is 0 Å². The molecule has 240 valence electrons. The van der Waals surface area contributed by atoms with Crippen LogP contribution >= 0.6 is 0 Å². The molecule has 2 heterocycles. The van der Waals surface area contributed by atoms with Crippen LogP contribution in [0.4, 0.5) is 0 Å². The average molecular weight is 623 g/mol. The number of rotatable bonds is 5. The first-order valence-electron chi connectivity index (χ1n) is 16.8. The van der Waals surface area contributed by atoms with E-state index in [-0.39, 0.29) is 0 Å². The first-order chi connectivity index (χ1) is 22.6. The molecule has 1 aliphatic heterocycles. The van der Waals surface area contributed by atoms with Crippen LogP contribution in [0.15, 0.2) is 126 Å². The Balaban J connectivity index is 0.000000674. The van der Waals surface area contributed by atoms with Gasteiger partial charge in [0.15, 0.2) is 0 Å². The maximum atomic E-state index is 6.44. The molecule has 0 amide bonds. The van der Waals surface area contributed by atoms with Crippen molar-refractivity contribution in [3.8, 4) is 33.4 Å². The van der Waals surface area contributed by atoms with Gasteiger partial charge in [-0.2, -0.15) is 0 Å². The summed E-state index contributed by atoms with van der Waals surface area (Å²) in [7, 11) is -0.459. The van der Waals surface area contributed by atoms with E-state index in [2.05, 4.69) is 145 Å². The van der Waals surface area contributed by atoms with E-state index < -0.39 is 18.3 Å². The molecule has 1 aliphatic rings. The molecule has 3 nitrogen and oxygen atoms in total. The quantitative estimate of drug-likeness (QED) is 0.142. The second-order valence-corrected chi connectivity index (χ2v) is 12.8. The summed E-state index contributed by atoms with van der Waals surface area (Å²) < 4.78 is 19.2. The van der Waals surface area contributed by atoms with Crippen molar-refractivity contribution < 1.29 is 13.7 Å². The largest absolute Gasteiger partial charge is 0.495 e. The first-order valence-corrected chi connectivity index (χ1v) is 16.8. The normalized spacial score (nSPS) is 14.7. The third-order valence-electron chi connectivity index (χ3n) is 9.18. The van der Waals surface area contributed by atoms with Gasteiger partial charge >= 0.3 is 7.12 Å². The Kier molecular flexibility index (Phi) is 10.2. The van der Waals surface area contributed by atoms with Gasteiger partial charge in [0, 0.05) is 10.8 Å². The molecule has 1 fully saturated rings. The maximum Gasteiger partial charge on any atom is 0.495 e. The number of hydrogen-bond acceptors (Lipinski definition) is 3. The summed E-state index contributed by atoms with van der Waals surface area (Å²) in [5, 5.41) is 2.12. The Morgan fingerprint density at radius 3 is 1.87 bits per heavy atom. The number of hydrogen-bond donors (Lipinski definition) is 0. The highest BCUT2D eigenvalue weighted by Gasteiger charge is 2.52. The van der Waals surface area contributed by atoms with Gasteiger partial charge in [-0.15, -0.1) is 6.58 Å². The second-order valence-electron chi connectivity index (χ2n) is 12.8. The third-order valence-corrected chi connectivity index (χ3v) is 9.18. The Morgan fingerprint density at radius 1 is 0.638 bits per heavy atom. The SMILES string of the molecule is C=CCC.CC.Cc1cc(-c2ccc3oc4cccc(B5OC(C)(C)C(C)(C)O5)c4c3c2)ccc1-c1ccccc1-c1ccccc1. The van der Waals surface area contributed by atoms with Gasteiger partial charge in [-0.05, 0) is 104 Å². The van der Waals surface area contributed by atoms with Gasteiger partial charge in [-0.25, -0.2) is 0 Å². The van der Waals surface area contributed by atoms with E-state index in [0.717, 1.165) is 39.4 Å². The number of fused-ring (bicyclic) bond motifs is 3. The van der Waals surface area contributed by atoms with Gasteiger partial charge in [0.25, 0.3) is 0 Å². The molecular weight excluding hydrogens is 575 g/mol. The average Bonchev–Trinajstić information content (AvgIpc) is 3.57. The summed E-state index contributed by atoms with van der Waals surface area (Å²) in [6, 6.07) is 38.6. The van der Waals surface area contributed by atoms with E-state index in [1.54, 1.807) is 0 Å². The molecule has 47 heavy (non-hydrogen) atoms. The minimum absolute atomic E-state index is 0.414. The van der Waals surface area contributed by atoms with E-state index in [9.17, 15) is 0 Å². The van der Waals surface area contributed by atoms with Crippen molar-refractivity contribution in [2.24, 2.45) is 0 Å². The van der Waals surface area contributed by atoms with Crippen molar-refractivity contribution in [3.05, 3.63) is 127 Å². The van der Waals surface area contributed by atoms with E-state index in [1.165, 1.54) is 33.4 Å². The molecule has 0 bridgehead atoms. The van der Waals surface area contributed by atoms with Gasteiger partial charge in [0.1, 0.15) is 11.2 Å². The number of furan rings is 1. The fourth-order valence-corrected chi connectivity index (χ4v) is 5.93. The van der Waals surface area contributed by atoms with Crippen molar-refractivity contribution in [2.75, 3.05) is 0 Å². The number of aryl methyl sites for hydroxylation is 1. The molecular formula is C43H47BO3. The Labute approximate surface area is 281 Å². The van der Waals surface area contributed by atoms with Crippen LogP contribution in [0, 0.1) is 6.92 Å². The highest BCUT2D eigenvalue weighted by molar-refractivity contribution is 6.66. The van der Waals surface area contributed by atoms with E-state index in [1.807, 2.05) is 32.1 Å². The summed E-state index contributed by atoms with van der Waals surface area (Å²) in [6.07, 6.45) is 2.96. The molecule has 1 aromatic heterocycles. The van der Waals surface area contributed by atoms with Crippen LogP contribution in [0.2, 0.25) is 0 Å². The van der Waals surface area contributed by atoms with Crippen LogP contribution in [0.3, 0.4) is 0 Å². The van der Waals surface area contributed by atoms with Gasteiger partial charge in [-0.1, -0.05) is 118 Å². The lowest BCUT2D eigenvalue weighted by Gasteiger charge is -2.32. The van der Waals surface area contributed by atoms with E-state index in [0.29, 0.717) is 0 Å². The Morgan fingerprint density at radius 2 is 1.23 bits per heavy atom. The summed E-state index contributed by atoms with van der Waals surface area (Å²) in [5.74, 6) is 0. The molecule has 1 saturated heterocycles. The minimum Gasteiger partial charge on any atom is -0.456 e. The second kappa shape index (κ2) is 14.2. The molecule has 0 radical (unpaired) electrons. The summed E-state index contributed by atoms with van der Waals surface area (Å²) in [4.78, 5) is 0. The van der Waals surface area contributed by atoms with Crippen LogP contribution < -0.4 is 5.46 Å². The van der Waals surface area contributed by atoms with Gasteiger partial charge in [0.05, 0.1) is 11.2 Å². The van der Waals surface area contributed by atoms with Crippen LogP contribution in [-0.4, -0.2) is 18.3 Å². The number of benzene rings is 5. The lowest BCUT2D eigenvalue weighted by molar-refractivity contribution is 0.00578. The van der Waals surface area contributed by atoms with Crippen molar-refractivity contribution >= 4 is 34.5 Å². The minimum atomic E-state index is -0.459. The molecule has 0 spiro atoms. The van der Waals surface area contributed by atoms with Gasteiger partial charge in [0.2, 0.25) is 0 Å². The van der Waals surface area contributed by atoms with Crippen molar-refractivity contribution in [3.63, 3.8) is 0 Å².